The molecule has 0 aromatic heterocycles. The second kappa shape index (κ2) is 9.09. The van der Waals surface area contributed by atoms with Gasteiger partial charge < -0.3 is 20.1 Å². The molecule has 1 fully saturated rings. The summed E-state index contributed by atoms with van der Waals surface area (Å²) in [6.07, 6.45) is 0.191. The molecular formula is C15H24IN3O2. The highest BCUT2D eigenvalue weighted by Gasteiger charge is 2.11. The van der Waals surface area contributed by atoms with E-state index in [4.69, 9.17) is 15.2 Å². The fourth-order valence-corrected chi connectivity index (χ4v) is 2.01. The molecule has 0 aliphatic carbocycles. The molecule has 21 heavy (non-hydrogen) atoms. The summed E-state index contributed by atoms with van der Waals surface area (Å²) < 4.78 is 10.9. The van der Waals surface area contributed by atoms with Gasteiger partial charge in [-0.05, 0) is 31.5 Å². The van der Waals surface area contributed by atoms with Crippen molar-refractivity contribution in [2.24, 2.45) is 10.7 Å². The quantitative estimate of drug-likeness (QED) is 0.474. The maximum absolute atomic E-state index is 5.99. The van der Waals surface area contributed by atoms with E-state index in [1.165, 1.54) is 0 Å². The summed E-state index contributed by atoms with van der Waals surface area (Å²) in [6.45, 7) is 7.69. The van der Waals surface area contributed by atoms with Crippen LogP contribution in [0.2, 0.25) is 0 Å². The van der Waals surface area contributed by atoms with Crippen molar-refractivity contribution >= 4 is 29.9 Å². The van der Waals surface area contributed by atoms with Gasteiger partial charge in [-0.15, -0.1) is 24.0 Å². The van der Waals surface area contributed by atoms with E-state index in [1.807, 2.05) is 38.1 Å². The maximum atomic E-state index is 5.99. The molecule has 1 aromatic rings. The van der Waals surface area contributed by atoms with Crippen LogP contribution in [0.1, 0.15) is 19.4 Å². The molecule has 2 N–H and O–H groups in total. The van der Waals surface area contributed by atoms with Gasteiger partial charge in [0.05, 0.1) is 25.9 Å². The SMILES string of the molecule is CC(C)Oc1ccc(CN=C(N)N2CCOCC2)cc1.I. The van der Waals surface area contributed by atoms with Crippen molar-refractivity contribution in [1.29, 1.82) is 0 Å². The topological polar surface area (TPSA) is 60.1 Å². The third-order valence-electron chi connectivity index (χ3n) is 3.05. The molecule has 2 rings (SSSR count). The van der Waals surface area contributed by atoms with Crippen molar-refractivity contribution < 1.29 is 9.47 Å². The molecular weight excluding hydrogens is 381 g/mol. The van der Waals surface area contributed by atoms with Gasteiger partial charge in [-0.3, -0.25) is 0 Å². The molecule has 0 bridgehead atoms. The van der Waals surface area contributed by atoms with E-state index in [0.29, 0.717) is 12.5 Å². The molecule has 6 heteroatoms. The van der Waals surface area contributed by atoms with Gasteiger partial charge in [0.2, 0.25) is 0 Å². The fourth-order valence-electron chi connectivity index (χ4n) is 2.01. The van der Waals surface area contributed by atoms with Crippen LogP contribution in [0.4, 0.5) is 0 Å². The van der Waals surface area contributed by atoms with Crippen molar-refractivity contribution in [3.63, 3.8) is 0 Å². The zero-order chi connectivity index (χ0) is 14.4. The van der Waals surface area contributed by atoms with Crippen molar-refractivity contribution in [2.75, 3.05) is 26.3 Å². The second-order valence-electron chi connectivity index (χ2n) is 5.08. The third kappa shape index (κ3) is 6.09. The van der Waals surface area contributed by atoms with E-state index in [2.05, 4.69) is 9.89 Å². The standard InChI is InChI=1S/C15H23N3O2.HI/c1-12(2)20-14-5-3-13(4-6-14)11-17-15(16)18-7-9-19-10-8-18;/h3-6,12H,7-11H2,1-2H3,(H2,16,17);1H. The molecule has 1 saturated heterocycles. The van der Waals surface area contributed by atoms with Crippen LogP contribution in [-0.2, 0) is 11.3 Å². The number of ether oxygens (including phenoxy) is 2. The van der Waals surface area contributed by atoms with Gasteiger partial charge in [-0.1, -0.05) is 12.1 Å². The monoisotopic (exact) mass is 405 g/mol. The first-order valence-electron chi connectivity index (χ1n) is 7.03. The molecule has 1 aromatic carbocycles. The highest BCUT2D eigenvalue weighted by molar-refractivity contribution is 14.0. The van der Waals surface area contributed by atoms with Crippen molar-refractivity contribution in [3.8, 4) is 5.75 Å². The number of aliphatic imine (C=N–C) groups is 1. The number of halogens is 1. The van der Waals surface area contributed by atoms with Crippen molar-refractivity contribution in [3.05, 3.63) is 29.8 Å². The number of nitrogens with two attached hydrogens (primary N) is 1. The smallest absolute Gasteiger partial charge is 0.191 e. The molecule has 0 saturated carbocycles. The highest BCUT2D eigenvalue weighted by atomic mass is 127. The van der Waals surface area contributed by atoms with Crippen LogP contribution in [0.25, 0.3) is 0 Å². The Labute approximate surface area is 143 Å². The predicted molar refractivity (Wildman–Crippen MR) is 95.3 cm³/mol. The summed E-state index contributed by atoms with van der Waals surface area (Å²) in [5.41, 5.74) is 7.11. The summed E-state index contributed by atoms with van der Waals surface area (Å²) in [5.74, 6) is 1.48. The van der Waals surface area contributed by atoms with Gasteiger partial charge in [0.15, 0.2) is 5.96 Å². The van der Waals surface area contributed by atoms with E-state index in [-0.39, 0.29) is 30.1 Å². The number of hydrogen-bond acceptors (Lipinski definition) is 3. The van der Waals surface area contributed by atoms with Gasteiger partial charge in [-0.25, -0.2) is 4.99 Å². The molecule has 0 atom stereocenters. The summed E-state index contributed by atoms with van der Waals surface area (Å²) in [6, 6.07) is 7.98. The lowest BCUT2D eigenvalue weighted by atomic mass is 10.2. The first-order valence-corrected chi connectivity index (χ1v) is 7.03. The Balaban J connectivity index is 0.00000220. The van der Waals surface area contributed by atoms with Crippen LogP contribution < -0.4 is 10.5 Å². The van der Waals surface area contributed by atoms with E-state index < -0.39 is 0 Å². The van der Waals surface area contributed by atoms with Crippen LogP contribution in [0.3, 0.4) is 0 Å². The van der Waals surface area contributed by atoms with E-state index in [9.17, 15) is 0 Å². The van der Waals surface area contributed by atoms with Gasteiger partial charge >= 0.3 is 0 Å². The molecule has 0 unspecified atom stereocenters. The zero-order valence-electron chi connectivity index (χ0n) is 12.6. The normalized spacial score (nSPS) is 15.8. The number of hydrogen-bond donors (Lipinski definition) is 1. The van der Waals surface area contributed by atoms with Crippen molar-refractivity contribution in [1.82, 2.24) is 4.90 Å². The van der Waals surface area contributed by atoms with Crippen LogP contribution in [0.5, 0.6) is 5.75 Å². The summed E-state index contributed by atoms with van der Waals surface area (Å²) in [4.78, 5) is 6.49. The Hall–Kier alpha value is -1.02. The largest absolute Gasteiger partial charge is 0.491 e. The minimum atomic E-state index is 0. The summed E-state index contributed by atoms with van der Waals surface area (Å²) >= 11 is 0. The molecule has 1 aliphatic heterocycles. The lowest BCUT2D eigenvalue weighted by Gasteiger charge is -2.27. The Morgan fingerprint density at radius 2 is 1.90 bits per heavy atom. The second-order valence-corrected chi connectivity index (χ2v) is 5.08. The fraction of sp³-hybridized carbons (Fsp3) is 0.533. The van der Waals surface area contributed by atoms with E-state index in [1.54, 1.807) is 0 Å². The minimum absolute atomic E-state index is 0. The maximum Gasteiger partial charge on any atom is 0.191 e. The Kier molecular flexibility index (Phi) is 7.81. The Morgan fingerprint density at radius 3 is 2.48 bits per heavy atom. The minimum Gasteiger partial charge on any atom is -0.491 e. The van der Waals surface area contributed by atoms with E-state index >= 15 is 0 Å². The number of rotatable bonds is 4. The van der Waals surface area contributed by atoms with Crippen LogP contribution >= 0.6 is 24.0 Å². The van der Waals surface area contributed by atoms with E-state index in [0.717, 1.165) is 37.6 Å². The first kappa shape index (κ1) is 18.0. The van der Waals surface area contributed by atoms with Crippen molar-refractivity contribution in [2.45, 2.75) is 26.5 Å². The van der Waals surface area contributed by atoms with Gasteiger partial charge in [-0.2, -0.15) is 0 Å². The Bertz CT molecular complexity index is 443. The lowest BCUT2D eigenvalue weighted by molar-refractivity contribution is 0.0674. The highest BCUT2D eigenvalue weighted by Crippen LogP contribution is 2.14. The molecule has 118 valence electrons. The van der Waals surface area contributed by atoms with Crippen LogP contribution in [-0.4, -0.2) is 43.3 Å². The third-order valence-corrected chi connectivity index (χ3v) is 3.05. The zero-order valence-corrected chi connectivity index (χ0v) is 14.9. The molecule has 0 amide bonds. The molecule has 1 aliphatic rings. The van der Waals surface area contributed by atoms with Crippen LogP contribution in [0, 0.1) is 0 Å². The average molecular weight is 405 g/mol. The summed E-state index contributed by atoms with van der Waals surface area (Å²) in [5, 5.41) is 0. The number of nitrogens with zero attached hydrogens (tertiary/aromatic N) is 2. The average Bonchev–Trinajstić information content (AvgIpc) is 2.46. The molecule has 0 radical (unpaired) electrons. The first-order chi connectivity index (χ1) is 9.65. The van der Waals surface area contributed by atoms with Crippen LogP contribution in [0.15, 0.2) is 29.3 Å². The molecule has 0 spiro atoms. The number of morpholine rings is 1. The summed E-state index contributed by atoms with van der Waals surface area (Å²) in [7, 11) is 0. The van der Waals surface area contributed by atoms with Gasteiger partial charge in [0.25, 0.3) is 0 Å². The Morgan fingerprint density at radius 1 is 1.29 bits per heavy atom. The molecule has 5 nitrogen and oxygen atoms in total. The number of guanidine groups is 1. The van der Waals surface area contributed by atoms with Gasteiger partial charge in [0, 0.05) is 13.1 Å². The lowest BCUT2D eigenvalue weighted by Crippen LogP contribution is -2.44. The molecule has 1 heterocycles. The number of benzene rings is 1. The van der Waals surface area contributed by atoms with Gasteiger partial charge in [0.1, 0.15) is 5.75 Å². The predicted octanol–water partition coefficient (Wildman–Crippen LogP) is 2.24.